The lowest BCUT2D eigenvalue weighted by Gasteiger charge is -2.29. The van der Waals surface area contributed by atoms with Crippen molar-refractivity contribution in [1.29, 1.82) is 0 Å². The van der Waals surface area contributed by atoms with Gasteiger partial charge in [0.05, 0.1) is 31.5 Å². The van der Waals surface area contributed by atoms with Gasteiger partial charge in [-0.25, -0.2) is 9.59 Å². The average molecular weight is 384 g/mol. The molecule has 0 aromatic heterocycles. The second-order valence-corrected chi connectivity index (χ2v) is 8.10. The fourth-order valence-electron chi connectivity index (χ4n) is 4.27. The van der Waals surface area contributed by atoms with Crippen molar-refractivity contribution < 1.29 is 24.2 Å². The van der Waals surface area contributed by atoms with Crippen molar-refractivity contribution in [3.8, 4) is 0 Å². The van der Waals surface area contributed by atoms with Crippen molar-refractivity contribution in [2.75, 3.05) is 14.2 Å². The zero-order chi connectivity index (χ0) is 19.1. The third-order valence-corrected chi connectivity index (χ3v) is 6.93. The van der Waals surface area contributed by atoms with Gasteiger partial charge in [0, 0.05) is 16.1 Å². The molecule has 5 nitrogen and oxygen atoms in total. The average Bonchev–Trinajstić information content (AvgIpc) is 3.23. The molecule has 0 saturated heterocycles. The Kier molecular flexibility index (Phi) is 4.70. The van der Waals surface area contributed by atoms with E-state index in [1.165, 1.54) is 14.2 Å². The van der Waals surface area contributed by atoms with Crippen LogP contribution in [-0.4, -0.2) is 42.6 Å². The molecule has 2 aliphatic carbocycles. The highest BCUT2D eigenvalue weighted by Crippen LogP contribution is 2.58. The van der Waals surface area contributed by atoms with Crippen LogP contribution < -0.4 is 0 Å². The van der Waals surface area contributed by atoms with Gasteiger partial charge >= 0.3 is 11.9 Å². The molecule has 0 amide bonds. The molecule has 4 atom stereocenters. The van der Waals surface area contributed by atoms with E-state index in [4.69, 9.17) is 9.47 Å². The molecule has 27 heavy (non-hydrogen) atoms. The molecule has 140 valence electrons. The third-order valence-electron chi connectivity index (χ3n) is 5.50. The molecule has 1 fully saturated rings. The summed E-state index contributed by atoms with van der Waals surface area (Å²) in [5.74, 6) is -1.05. The van der Waals surface area contributed by atoms with Crippen LogP contribution in [0.1, 0.15) is 50.1 Å². The molecule has 0 heterocycles. The highest BCUT2D eigenvalue weighted by Gasteiger charge is 2.51. The van der Waals surface area contributed by atoms with Crippen LogP contribution in [0.3, 0.4) is 0 Å². The number of thioether (sulfide) groups is 1. The fraction of sp³-hybridized carbons (Fsp3) is 0.333. The molecule has 2 aromatic carbocycles. The van der Waals surface area contributed by atoms with Crippen LogP contribution in [0, 0.1) is 0 Å². The summed E-state index contributed by atoms with van der Waals surface area (Å²) in [5.41, 5.74) is 2.36. The van der Waals surface area contributed by atoms with Crippen molar-refractivity contribution >= 4 is 23.7 Å². The molecular formula is C21H20O5S. The quantitative estimate of drug-likeness (QED) is 0.815. The van der Waals surface area contributed by atoms with Crippen molar-refractivity contribution in [1.82, 2.24) is 0 Å². The number of hydrogen-bond donors (Lipinski definition) is 1. The molecule has 2 aliphatic rings. The first kappa shape index (κ1) is 18.1. The van der Waals surface area contributed by atoms with E-state index in [-0.39, 0.29) is 28.2 Å². The third kappa shape index (κ3) is 2.93. The smallest absolute Gasteiger partial charge is 0.338 e. The van der Waals surface area contributed by atoms with Crippen LogP contribution in [0.2, 0.25) is 0 Å². The number of aliphatic hydroxyl groups excluding tert-OH is 1. The molecule has 6 heteroatoms. The van der Waals surface area contributed by atoms with Crippen LogP contribution in [0.15, 0.2) is 47.4 Å². The van der Waals surface area contributed by atoms with Crippen LogP contribution in [0.5, 0.6) is 0 Å². The Bertz CT molecular complexity index is 895. The van der Waals surface area contributed by atoms with Gasteiger partial charge in [-0.1, -0.05) is 18.2 Å². The number of rotatable bonds is 4. The minimum atomic E-state index is -0.578. The normalized spacial score (nSPS) is 25.1. The van der Waals surface area contributed by atoms with Gasteiger partial charge < -0.3 is 14.6 Å². The second-order valence-electron chi connectivity index (χ2n) is 6.84. The highest BCUT2D eigenvalue weighted by atomic mass is 32.2. The zero-order valence-electron chi connectivity index (χ0n) is 15.0. The zero-order valence-corrected chi connectivity index (χ0v) is 15.9. The van der Waals surface area contributed by atoms with E-state index in [1.807, 2.05) is 30.3 Å². The molecular weight excluding hydrogens is 364 g/mol. The van der Waals surface area contributed by atoms with Gasteiger partial charge in [0.15, 0.2) is 0 Å². The predicted molar refractivity (Wildman–Crippen MR) is 101 cm³/mol. The van der Waals surface area contributed by atoms with Crippen LogP contribution >= 0.6 is 11.8 Å². The number of hydrogen-bond acceptors (Lipinski definition) is 6. The first-order valence-electron chi connectivity index (χ1n) is 8.79. The Morgan fingerprint density at radius 1 is 0.963 bits per heavy atom. The highest BCUT2D eigenvalue weighted by molar-refractivity contribution is 8.00. The Labute approximate surface area is 161 Å². The van der Waals surface area contributed by atoms with Gasteiger partial charge in [0.1, 0.15) is 0 Å². The molecule has 1 unspecified atom stereocenters. The SMILES string of the molecule is COC(=O)c1cc2c(cc1C(=O)OC)[C@@H]1C[C@H]2C(Sc2ccccc2)[C@H]1O. The van der Waals surface area contributed by atoms with Crippen molar-refractivity contribution in [2.24, 2.45) is 0 Å². The van der Waals surface area contributed by atoms with E-state index in [2.05, 4.69) is 0 Å². The summed E-state index contributed by atoms with van der Waals surface area (Å²) >= 11 is 1.66. The van der Waals surface area contributed by atoms with E-state index in [0.29, 0.717) is 0 Å². The Balaban J connectivity index is 1.74. The maximum Gasteiger partial charge on any atom is 0.338 e. The van der Waals surface area contributed by atoms with Crippen molar-refractivity contribution in [3.05, 3.63) is 64.7 Å². The lowest BCUT2D eigenvalue weighted by molar-refractivity contribution is 0.0555. The van der Waals surface area contributed by atoms with Crippen LogP contribution in [-0.2, 0) is 9.47 Å². The Morgan fingerprint density at radius 2 is 1.52 bits per heavy atom. The molecule has 4 rings (SSSR count). The largest absolute Gasteiger partial charge is 0.465 e. The summed E-state index contributed by atoms with van der Waals surface area (Å²) in [4.78, 5) is 25.5. The number of carbonyl (C=O) groups excluding carboxylic acids is 2. The van der Waals surface area contributed by atoms with Crippen molar-refractivity contribution in [3.63, 3.8) is 0 Å². The van der Waals surface area contributed by atoms with Gasteiger partial charge in [-0.05, 0) is 47.7 Å². The second kappa shape index (κ2) is 7.02. The predicted octanol–water partition coefficient (Wildman–Crippen LogP) is 3.37. The summed E-state index contributed by atoms with van der Waals surface area (Å²) in [6, 6.07) is 13.4. The van der Waals surface area contributed by atoms with Crippen molar-refractivity contribution in [2.45, 2.75) is 34.5 Å². The van der Waals surface area contributed by atoms with Gasteiger partial charge in [0.2, 0.25) is 0 Å². The van der Waals surface area contributed by atoms with Gasteiger partial charge in [0.25, 0.3) is 0 Å². The minimum Gasteiger partial charge on any atom is -0.465 e. The van der Waals surface area contributed by atoms with E-state index >= 15 is 0 Å². The maximum atomic E-state index is 12.2. The first-order chi connectivity index (χ1) is 13.0. The van der Waals surface area contributed by atoms with Crippen LogP contribution in [0.25, 0.3) is 0 Å². The lowest BCUT2D eigenvalue weighted by atomic mass is 9.86. The van der Waals surface area contributed by atoms with E-state index in [9.17, 15) is 14.7 Å². The van der Waals surface area contributed by atoms with Crippen LogP contribution in [0.4, 0.5) is 0 Å². The summed E-state index contributed by atoms with van der Waals surface area (Å²) in [5, 5.41) is 10.9. The molecule has 0 radical (unpaired) electrons. The Hall–Kier alpha value is -2.31. The maximum absolute atomic E-state index is 12.2. The summed E-state index contributed by atoms with van der Waals surface area (Å²) < 4.78 is 9.68. The molecule has 2 bridgehead atoms. The summed E-state index contributed by atoms with van der Waals surface area (Å²) in [6.45, 7) is 0. The first-order valence-corrected chi connectivity index (χ1v) is 9.67. The number of fused-ring (bicyclic) bond motifs is 5. The number of benzene rings is 2. The standard InChI is InChI=1S/C21H20O5S/c1-25-20(23)16-8-12-13(9-17(16)21(24)26-2)15-10-14(12)18(22)19(15)27-11-6-4-3-5-7-11/h3-9,14-15,18-19,22H,10H2,1-2H3/t14-,15+,18-,19?/m0/s1. The molecule has 1 N–H and O–H groups in total. The molecule has 0 aliphatic heterocycles. The fourth-order valence-corrected chi connectivity index (χ4v) is 5.65. The minimum absolute atomic E-state index is 0.0133. The van der Waals surface area contributed by atoms with Gasteiger partial charge in [-0.2, -0.15) is 0 Å². The van der Waals surface area contributed by atoms with E-state index < -0.39 is 18.0 Å². The van der Waals surface area contributed by atoms with Gasteiger partial charge in [-0.3, -0.25) is 0 Å². The van der Waals surface area contributed by atoms with E-state index in [0.717, 1.165) is 22.4 Å². The molecule has 2 aromatic rings. The number of aliphatic hydroxyl groups is 1. The van der Waals surface area contributed by atoms with Gasteiger partial charge in [-0.15, -0.1) is 11.8 Å². The molecule has 1 saturated carbocycles. The number of methoxy groups -OCH3 is 2. The van der Waals surface area contributed by atoms with E-state index in [1.54, 1.807) is 23.9 Å². The molecule has 0 spiro atoms. The Morgan fingerprint density at radius 3 is 2.07 bits per heavy atom. The lowest BCUT2D eigenvalue weighted by Crippen LogP contribution is -2.29. The number of esters is 2. The monoisotopic (exact) mass is 384 g/mol. The summed E-state index contributed by atoms with van der Waals surface area (Å²) in [6.07, 6.45) is 0.314. The number of carbonyl (C=O) groups is 2. The topological polar surface area (TPSA) is 72.8 Å². The summed E-state index contributed by atoms with van der Waals surface area (Å²) in [7, 11) is 2.57. The number of ether oxygens (including phenoxy) is 2.